The molecule has 9 heteroatoms. The molecule has 0 aliphatic rings. The monoisotopic (exact) mass is 582 g/mol. The molecule has 0 aliphatic heterocycles. The van der Waals surface area contributed by atoms with E-state index >= 15 is 0 Å². The molecule has 0 aliphatic carbocycles. The van der Waals surface area contributed by atoms with Crippen molar-refractivity contribution in [3.05, 3.63) is 106 Å². The number of hydrogen-bond donors (Lipinski definition) is 0. The van der Waals surface area contributed by atoms with Crippen LogP contribution in [0, 0.1) is 27.7 Å². The summed E-state index contributed by atoms with van der Waals surface area (Å²) in [6, 6.07) is 19.0. The Balaban J connectivity index is 1.61. The van der Waals surface area contributed by atoms with Gasteiger partial charge >= 0.3 is 0 Å². The average molecular weight is 583 g/mol. The van der Waals surface area contributed by atoms with Crippen LogP contribution in [-0.4, -0.2) is 18.9 Å². The predicted octanol–water partition coefficient (Wildman–Crippen LogP) is 8.10. The van der Waals surface area contributed by atoms with Crippen LogP contribution >= 0.6 is 23.2 Å². The smallest absolute Gasteiger partial charge is 0.252 e. The largest absolute Gasteiger partial charge is 0.457 e. The standard InChI is InChI=1S/C30H24Cl2O6S/c1-17-13-25(14-18(2)27(17)37-23-9-5-21(6-10-23)29(31)33)39(35,36)26-15-19(3)28(20(4)16-26)38-24-11-7-22(8-12-24)30(32)34/h5-16H,1-4H3. The Morgan fingerprint density at radius 2 is 0.846 bits per heavy atom. The fourth-order valence-electron chi connectivity index (χ4n) is 4.13. The molecule has 4 aromatic rings. The second kappa shape index (κ2) is 11.2. The second-order valence-corrected chi connectivity index (χ2v) is 11.7. The van der Waals surface area contributed by atoms with Gasteiger partial charge in [-0.15, -0.1) is 0 Å². The summed E-state index contributed by atoms with van der Waals surface area (Å²) in [7, 11) is -3.85. The van der Waals surface area contributed by atoms with Crippen molar-refractivity contribution in [2.45, 2.75) is 37.5 Å². The third-order valence-electron chi connectivity index (χ3n) is 6.09. The lowest BCUT2D eigenvalue weighted by Gasteiger charge is -2.16. The number of ether oxygens (including phenoxy) is 2. The van der Waals surface area contributed by atoms with Gasteiger partial charge in [-0.3, -0.25) is 9.59 Å². The van der Waals surface area contributed by atoms with Gasteiger partial charge in [-0.25, -0.2) is 8.42 Å². The van der Waals surface area contributed by atoms with Gasteiger partial charge in [0.05, 0.1) is 9.79 Å². The highest BCUT2D eigenvalue weighted by atomic mass is 35.5. The molecule has 6 nitrogen and oxygen atoms in total. The Labute approximate surface area is 237 Å². The van der Waals surface area contributed by atoms with Crippen LogP contribution in [0.2, 0.25) is 0 Å². The molecule has 0 saturated heterocycles. The van der Waals surface area contributed by atoms with Gasteiger partial charge < -0.3 is 9.47 Å². The van der Waals surface area contributed by atoms with Crippen molar-refractivity contribution >= 4 is 43.5 Å². The molecule has 39 heavy (non-hydrogen) atoms. The van der Waals surface area contributed by atoms with Gasteiger partial charge in [-0.1, -0.05) is 0 Å². The zero-order valence-corrected chi connectivity index (χ0v) is 23.9. The molecule has 0 amide bonds. The van der Waals surface area contributed by atoms with Crippen LogP contribution < -0.4 is 9.47 Å². The number of sulfone groups is 1. The van der Waals surface area contributed by atoms with E-state index in [4.69, 9.17) is 32.7 Å². The highest BCUT2D eigenvalue weighted by Crippen LogP contribution is 2.36. The first-order valence-corrected chi connectivity index (χ1v) is 14.0. The van der Waals surface area contributed by atoms with Gasteiger partial charge in [0.15, 0.2) is 0 Å². The molecule has 0 aromatic heterocycles. The topological polar surface area (TPSA) is 86.7 Å². The molecule has 0 bridgehead atoms. The van der Waals surface area contributed by atoms with Gasteiger partial charge in [0.2, 0.25) is 9.84 Å². The summed E-state index contributed by atoms with van der Waals surface area (Å²) in [5.41, 5.74) is 3.25. The summed E-state index contributed by atoms with van der Waals surface area (Å²) >= 11 is 11.0. The van der Waals surface area contributed by atoms with Crippen molar-refractivity contribution in [3.8, 4) is 23.0 Å². The number of aryl methyl sites for hydroxylation is 4. The van der Waals surface area contributed by atoms with E-state index < -0.39 is 20.3 Å². The summed E-state index contributed by atoms with van der Waals surface area (Å²) in [4.78, 5) is 22.9. The molecule has 0 radical (unpaired) electrons. The fraction of sp³-hybridized carbons (Fsp3) is 0.133. The zero-order chi connectivity index (χ0) is 28.5. The van der Waals surface area contributed by atoms with Crippen LogP contribution in [0.15, 0.2) is 82.6 Å². The van der Waals surface area contributed by atoms with Crippen LogP contribution in [0.25, 0.3) is 0 Å². The molecule has 0 heterocycles. The summed E-state index contributed by atoms with van der Waals surface area (Å²) in [6.07, 6.45) is 0. The first-order valence-electron chi connectivity index (χ1n) is 11.8. The van der Waals surface area contributed by atoms with Crippen LogP contribution in [0.5, 0.6) is 23.0 Å². The molecule has 0 saturated carbocycles. The van der Waals surface area contributed by atoms with Crippen molar-refractivity contribution < 1.29 is 27.5 Å². The minimum Gasteiger partial charge on any atom is -0.457 e. The van der Waals surface area contributed by atoms with E-state index in [0.29, 0.717) is 56.4 Å². The van der Waals surface area contributed by atoms with E-state index in [1.165, 1.54) is 0 Å². The van der Waals surface area contributed by atoms with Crippen molar-refractivity contribution in [2.24, 2.45) is 0 Å². The van der Waals surface area contributed by atoms with Crippen LogP contribution in [-0.2, 0) is 9.84 Å². The number of hydrogen-bond acceptors (Lipinski definition) is 6. The molecule has 0 N–H and O–H groups in total. The summed E-state index contributed by atoms with van der Waals surface area (Å²) in [5.74, 6) is 2.03. The van der Waals surface area contributed by atoms with Crippen molar-refractivity contribution in [1.82, 2.24) is 0 Å². The fourth-order valence-corrected chi connectivity index (χ4v) is 5.99. The van der Waals surface area contributed by atoms with E-state index in [9.17, 15) is 18.0 Å². The maximum absolute atomic E-state index is 13.6. The highest BCUT2D eigenvalue weighted by Gasteiger charge is 2.23. The van der Waals surface area contributed by atoms with Gasteiger partial charge in [0, 0.05) is 11.1 Å². The number of halogens is 2. The van der Waals surface area contributed by atoms with E-state index in [1.807, 2.05) is 0 Å². The van der Waals surface area contributed by atoms with Crippen LogP contribution in [0.4, 0.5) is 0 Å². The summed E-state index contributed by atoms with van der Waals surface area (Å²) in [6.45, 7) is 7.09. The molecule has 0 spiro atoms. The first kappa shape index (κ1) is 28.4. The maximum atomic E-state index is 13.6. The Morgan fingerprint density at radius 3 is 1.10 bits per heavy atom. The summed E-state index contributed by atoms with van der Waals surface area (Å²) < 4.78 is 39.2. The van der Waals surface area contributed by atoms with E-state index in [-0.39, 0.29) is 9.79 Å². The van der Waals surface area contributed by atoms with Gasteiger partial charge in [-0.05, 0) is 146 Å². The average Bonchev–Trinajstić information content (AvgIpc) is 2.88. The second-order valence-electron chi connectivity index (χ2n) is 9.08. The minimum absolute atomic E-state index is 0.140. The maximum Gasteiger partial charge on any atom is 0.252 e. The Kier molecular flexibility index (Phi) is 8.16. The predicted molar refractivity (Wildman–Crippen MR) is 151 cm³/mol. The van der Waals surface area contributed by atoms with E-state index in [0.717, 1.165) is 0 Å². The van der Waals surface area contributed by atoms with Crippen molar-refractivity contribution in [2.75, 3.05) is 0 Å². The van der Waals surface area contributed by atoms with Gasteiger partial charge in [-0.2, -0.15) is 0 Å². The Hall–Kier alpha value is -3.65. The molecular formula is C30H24Cl2O6S. The SMILES string of the molecule is Cc1cc(S(=O)(=O)c2cc(C)c(Oc3ccc(C(=O)Cl)cc3)c(C)c2)cc(C)c1Oc1ccc(C(=O)Cl)cc1. The lowest BCUT2D eigenvalue weighted by Crippen LogP contribution is -2.06. The van der Waals surface area contributed by atoms with E-state index in [1.54, 1.807) is 100 Å². The first-order chi connectivity index (χ1) is 18.4. The van der Waals surface area contributed by atoms with Crippen molar-refractivity contribution in [3.63, 3.8) is 0 Å². The van der Waals surface area contributed by atoms with Crippen LogP contribution in [0.3, 0.4) is 0 Å². The van der Waals surface area contributed by atoms with Gasteiger partial charge in [0.1, 0.15) is 23.0 Å². The van der Waals surface area contributed by atoms with Gasteiger partial charge in [0.25, 0.3) is 10.5 Å². The summed E-state index contributed by atoms with van der Waals surface area (Å²) in [5, 5.41) is -1.13. The molecule has 4 aromatic carbocycles. The highest BCUT2D eigenvalue weighted by molar-refractivity contribution is 7.91. The third kappa shape index (κ3) is 6.17. The normalized spacial score (nSPS) is 11.2. The zero-order valence-electron chi connectivity index (χ0n) is 21.5. The minimum atomic E-state index is -3.85. The number of carbonyl (C=O) groups is 2. The van der Waals surface area contributed by atoms with Crippen LogP contribution in [0.1, 0.15) is 43.0 Å². The number of rotatable bonds is 8. The Morgan fingerprint density at radius 1 is 0.564 bits per heavy atom. The quantitative estimate of drug-likeness (QED) is 0.195. The van der Waals surface area contributed by atoms with Crippen molar-refractivity contribution in [1.29, 1.82) is 0 Å². The molecule has 4 rings (SSSR count). The Bertz CT molecular complexity index is 1530. The molecular weight excluding hydrogens is 559 g/mol. The molecule has 0 unspecified atom stereocenters. The number of carbonyl (C=O) groups excluding carboxylic acids is 2. The molecule has 0 fully saturated rings. The number of benzene rings is 4. The molecule has 0 atom stereocenters. The van der Waals surface area contributed by atoms with E-state index in [2.05, 4.69) is 0 Å². The third-order valence-corrected chi connectivity index (χ3v) is 8.24. The lowest BCUT2D eigenvalue weighted by atomic mass is 10.1. The lowest BCUT2D eigenvalue weighted by molar-refractivity contribution is 0.107. The molecule has 200 valence electrons.